The van der Waals surface area contributed by atoms with Crippen LogP contribution in [0, 0.1) is 5.41 Å². The van der Waals surface area contributed by atoms with Gasteiger partial charge >= 0.3 is 0 Å². The topological polar surface area (TPSA) is 29.1 Å². The van der Waals surface area contributed by atoms with Crippen molar-refractivity contribution in [1.82, 2.24) is 5.32 Å². The molecule has 1 amide bonds. The lowest BCUT2D eigenvalue weighted by Crippen LogP contribution is -2.34. The molecule has 1 heterocycles. The fourth-order valence-electron chi connectivity index (χ4n) is 1.63. The van der Waals surface area contributed by atoms with E-state index in [0.717, 1.165) is 4.88 Å². The van der Waals surface area contributed by atoms with E-state index in [1.54, 1.807) is 6.92 Å². The van der Waals surface area contributed by atoms with Crippen molar-refractivity contribution in [1.29, 1.82) is 0 Å². The minimum Gasteiger partial charge on any atom is -0.348 e. The Labute approximate surface area is 119 Å². The third kappa shape index (κ3) is 2.43. The highest BCUT2D eigenvalue weighted by molar-refractivity contribution is 7.16. The van der Waals surface area contributed by atoms with Gasteiger partial charge in [0.25, 0.3) is 0 Å². The molecule has 1 aromatic heterocycles. The molecule has 2 atom stereocenters. The number of carbonyl (C=O) groups is 1. The van der Waals surface area contributed by atoms with Crippen LogP contribution in [0.4, 0.5) is 0 Å². The summed E-state index contributed by atoms with van der Waals surface area (Å²) in [4.78, 5) is 13.0. The largest absolute Gasteiger partial charge is 0.348 e. The maximum absolute atomic E-state index is 12.0. The van der Waals surface area contributed by atoms with Crippen molar-refractivity contribution in [3.05, 3.63) is 21.3 Å². The van der Waals surface area contributed by atoms with Crippen LogP contribution >= 0.6 is 46.1 Å². The van der Waals surface area contributed by atoms with Crippen molar-refractivity contribution in [2.45, 2.75) is 30.6 Å². The second-order valence-electron chi connectivity index (χ2n) is 4.55. The fraction of sp³-hybridized carbons (Fsp3) is 0.545. The van der Waals surface area contributed by atoms with E-state index in [1.165, 1.54) is 11.3 Å². The monoisotopic (exact) mass is 311 g/mol. The molecule has 0 saturated heterocycles. The average Bonchev–Trinajstić information content (AvgIpc) is 2.61. The Morgan fingerprint density at radius 2 is 2.12 bits per heavy atom. The SMILES string of the molecule is C[C@@H](NC(=O)[C@]1(C)CC1(Cl)Cl)c1ccc(Cl)s1. The summed E-state index contributed by atoms with van der Waals surface area (Å²) in [5, 5.41) is 2.91. The number of amides is 1. The van der Waals surface area contributed by atoms with Crippen molar-refractivity contribution < 1.29 is 4.79 Å². The standard InChI is InChI=1S/C11H12Cl3NOS/c1-6(7-3-4-8(12)17-7)15-9(16)10(2)5-11(10,13)14/h3-4,6H,5H2,1-2H3,(H,15,16)/t6-,10+/m1/s1. The van der Waals surface area contributed by atoms with Crippen LogP contribution in [-0.4, -0.2) is 10.2 Å². The molecule has 1 aliphatic rings. The van der Waals surface area contributed by atoms with Crippen LogP contribution in [0.15, 0.2) is 12.1 Å². The molecular formula is C11H12Cl3NOS. The molecular weight excluding hydrogens is 301 g/mol. The Morgan fingerprint density at radius 3 is 2.53 bits per heavy atom. The van der Waals surface area contributed by atoms with E-state index in [4.69, 9.17) is 34.8 Å². The summed E-state index contributed by atoms with van der Waals surface area (Å²) in [6.45, 7) is 3.69. The van der Waals surface area contributed by atoms with E-state index in [-0.39, 0.29) is 11.9 Å². The number of thiophene rings is 1. The van der Waals surface area contributed by atoms with Gasteiger partial charge < -0.3 is 5.32 Å². The van der Waals surface area contributed by atoms with Crippen LogP contribution < -0.4 is 5.32 Å². The molecule has 94 valence electrons. The predicted molar refractivity (Wildman–Crippen MR) is 73.0 cm³/mol. The zero-order chi connectivity index (χ0) is 12.8. The first-order valence-corrected chi connectivity index (χ1v) is 7.15. The Bertz CT molecular complexity index is 459. The van der Waals surface area contributed by atoms with Crippen LogP contribution in [0.2, 0.25) is 4.34 Å². The maximum Gasteiger partial charge on any atom is 0.229 e. The quantitative estimate of drug-likeness (QED) is 0.834. The van der Waals surface area contributed by atoms with Gasteiger partial charge in [-0.25, -0.2) is 0 Å². The van der Waals surface area contributed by atoms with Gasteiger partial charge in [0.1, 0.15) is 4.33 Å². The molecule has 1 fully saturated rings. The smallest absolute Gasteiger partial charge is 0.229 e. The normalized spacial score (nSPS) is 27.6. The minimum atomic E-state index is -0.927. The first-order valence-electron chi connectivity index (χ1n) is 5.20. The molecule has 0 spiro atoms. The molecule has 17 heavy (non-hydrogen) atoms. The summed E-state index contributed by atoms with van der Waals surface area (Å²) in [5.74, 6) is -0.112. The molecule has 0 aromatic carbocycles. The number of halogens is 3. The van der Waals surface area contributed by atoms with Gasteiger partial charge in [0, 0.05) is 4.88 Å². The van der Waals surface area contributed by atoms with Gasteiger partial charge in [-0.2, -0.15) is 0 Å². The van der Waals surface area contributed by atoms with Crippen molar-refractivity contribution in [2.75, 3.05) is 0 Å². The van der Waals surface area contributed by atoms with E-state index in [1.807, 2.05) is 19.1 Å². The lowest BCUT2D eigenvalue weighted by Gasteiger charge is -2.17. The van der Waals surface area contributed by atoms with Crippen LogP contribution in [0.3, 0.4) is 0 Å². The van der Waals surface area contributed by atoms with Gasteiger partial charge in [-0.1, -0.05) is 11.6 Å². The summed E-state index contributed by atoms with van der Waals surface area (Å²) in [5.41, 5.74) is -0.675. The number of hydrogen-bond acceptors (Lipinski definition) is 2. The third-order valence-corrected chi connectivity index (χ3v) is 5.64. The first-order chi connectivity index (χ1) is 7.76. The lowest BCUT2D eigenvalue weighted by atomic mass is 10.1. The molecule has 1 aromatic rings. The third-order valence-electron chi connectivity index (χ3n) is 3.13. The number of nitrogens with one attached hydrogen (secondary N) is 1. The number of carbonyl (C=O) groups excluding carboxylic acids is 1. The second-order valence-corrected chi connectivity index (χ2v) is 7.78. The van der Waals surface area contributed by atoms with Gasteiger partial charge in [0.05, 0.1) is 15.8 Å². The van der Waals surface area contributed by atoms with Crippen LogP contribution in [0.25, 0.3) is 0 Å². The Morgan fingerprint density at radius 1 is 1.53 bits per heavy atom. The highest BCUT2D eigenvalue weighted by Crippen LogP contribution is 2.63. The number of alkyl halides is 2. The second kappa shape index (κ2) is 4.30. The molecule has 2 nitrogen and oxygen atoms in total. The van der Waals surface area contributed by atoms with Gasteiger partial charge in [0.2, 0.25) is 5.91 Å². The maximum atomic E-state index is 12.0. The molecule has 0 radical (unpaired) electrons. The van der Waals surface area contributed by atoms with Crippen LogP contribution in [-0.2, 0) is 4.79 Å². The van der Waals surface area contributed by atoms with E-state index in [0.29, 0.717) is 10.8 Å². The van der Waals surface area contributed by atoms with Crippen molar-refractivity contribution in [3.8, 4) is 0 Å². The zero-order valence-electron chi connectivity index (χ0n) is 9.39. The lowest BCUT2D eigenvalue weighted by molar-refractivity contribution is -0.126. The van der Waals surface area contributed by atoms with Crippen molar-refractivity contribution in [2.24, 2.45) is 5.41 Å². The van der Waals surface area contributed by atoms with Crippen LogP contribution in [0.5, 0.6) is 0 Å². The fourth-order valence-corrected chi connectivity index (χ4v) is 3.40. The van der Waals surface area contributed by atoms with Crippen molar-refractivity contribution >= 4 is 52.0 Å². The summed E-state index contributed by atoms with van der Waals surface area (Å²) in [6, 6.07) is 3.64. The molecule has 1 saturated carbocycles. The highest BCUT2D eigenvalue weighted by Gasteiger charge is 2.67. The Hall–Kier alpha value is 0.0400. The van der Waals surface area contributed by atoms with E-state index < -0.39 is 9.75 Å². The minimum absolute atomic E-state index is 0.0819. The highest BCUT2D eigenvalue weighted by atomic mass is 35.5. The molecule has 0 bridgehead atoms. The molecule has 2 rings (SSSR count). The summed E-state index contributed by atoms with van der Waals surface area (Å²) in [7, 11) is 0. The summed E-state index contributed by atoms with van der Waals surface area (Å²) >= 11 is 19.2. The Balaban J connectivity index is 2.01. The number of hydrogen-bond donors (Lipinski definition) is 1. The van der Waals surface area contributed by atoms with E-state index >= 15 is 0 Å². The average molecular weight is 313 g/mol. The summed E-state index contributed by atoms with van der Waals surface area (Å²) < 4.78 is -0.216. The van der Waals surface area contributed by atoms with Crippen molar-refractivity contribution in [3.63, 3.8) is 0 Å². The van der Waals surface area contributed by atoms with E-state index in [2.05, 4.69) is 5.32 Å². The molecule has 1 N–H and O–H groups in total. The van der Waals surface area contributed by atoms with Gasteiger partial charge in [0.15, 0.2) is 0 Å². The molecule has 0 aliphatic heterocycles. The molecule has 6 heteroatoms. The first kappa shape index (κ1) is 13.5. The number of rotatable bonds is 3. The summed E-state index contributed by atoms with van der Waals surface area (Å²) in [6.07, 6.45) is 0.493. The predicted octanol–water partition coefficient (Wildman–Crippen LogP) is 4.16. The van der Waals surface area contributed by atoms with Gasteiger partial charge in [-0.3, -0.25) is 4.79 Å². The zero-order valence-corrected chi connectivity index (χ0v) is 12.5. The van der Waals surface area contributed by atoms with Gasteiger partial charge in [-0.15, -0.1) is 34.5 Å². The Kier molecular flexibility index (Phi) is 3.41. The van der Waals surface area contributed by atoms with Gasteiger partial charge in [-0.05, 0) is 32.4 Å². The van der Waals surface area contributed by atoms with Crippen LogP contribution in [0.1, 0.15) is 31.2 Å². The van der Waals surface area contributed by atoms with E-state index in [9.17, 15) is 4.79 Å². The molecule has 1 aliphatic carbocycles. The molecule has 0 unspecified atom stereocenters.